The van der Waals surface area contributed by atoms with Gasteiger partial charge in [-0.25, -0.2) is 0 Å². The highest BCUT2D eigenvalue weighted by Crippen LogP contribution is 2.34. The van der Waals surface area contributed by atoms with Crippen molar-refractivity contribution in [2.45, 2.75) is 26.0 Å². The molecule has 1 aromatic rings. The summed E-state index contributed by atoms with van der Waals surface area (Å²) in [5.41, 5.74) is 6.69. The van der Waals surface area contributed by atoms with Gasteiger partial charge in [0.05, 0.1) is 19.7 Å². The van der Waals surface area contributed by atoms with Gasteiger partial charge in [-0.1, -0.05) is 13.0 Å². The molecule has 116 valence electrons. The van der Waals surface area contributed by atoms with E-state index in [4.69, 9.17) is 10.5 Å². The molecule has 0 saturated carbocycles. The molecule has 21 heavy (non-hydrogen) atoms. The van der Waals surface area contributed by atoms with Gasteiger partial charge in [-0.05, 0) is 24.1 Å². The van der Waals surface area contributed by atoms with Gasteiger partial charge < -0.3 is 20.1 Å². The van der Waals surface area contributed by atoms with Gasteiger partial charge in [-0.15, -0.1) is 0 Å². The molecule has 0 bridgehead atoms. The number of halogens is 2. The molecule has 0 aliphatic carbocycles. The summed E-state index contributed by atoms with van der Waals surface area (Å²) in [6.45, 7) is 0.413. The number of rotatable bonds is 6. The largest absolute Gasteiger partial charge is 0.493 e. The molecule has 1 heterocycles. The van der Waals surface area contributed by atoms with Crippen molar-refractivity contribution in [1.29, 1.82) is 0 Å². The van der Waals surface area contributed by atoms with Crippen molar-refractivity contribution >= 4 is 5.96 Å². The van der Waals surface area contributed by atoms with E-state index < -0.39 is 6.61 Å². The van der Waals surface area contributed by atoms with Gasteiger partial charge in [0.2, 0.25) is 0 Å². The van der Waals surface area contributed by atoms with Gasteiger partial charge >= 0.3 is 6.61 Å². The van der Waals surface area contributed by atoms with Crippen LogP contribution in [0, 0.1) is 0 Å². The third kappa shape index (κ3) is 3.34. The van der Waals surface area contributed by atoms with Crippen molar-refractivity contribution in [3.8, 4) is 11.5 Å². The van der Waals surface area contributed by atoms with Crippen LogP contribution in [0.2, 0.25) is 0 Å². The number of methoxy groups -OCH3 is 1. The molecule has 2 N–H and O–H groups in total. The zero-order valence-electron chi connectivity index (χ0n) is 12.1. The first-order valence-corrected chi connectivity index (χ1v) is 6.76. The van der Waals surface area contributed by atoms with Gasteiger partial charge in [-0.2, -0.15) is 8.78 Å². The maximum Gasteiger partial charge on any atom is 0.387 e. The fourth-order valence-corrected chi connectivity index (χ4v) is 2.41. The van der Waals surface area contributed by atoms with Crippen LogP contribution in [0.4, 0.5) is 8.78 Å². The van der Waals surface area contributed by atoms with Crippen LogP contribution in [-0.2, 0) is 0 Å². The van der Waals surface area contributed by atoms with E-state index in [0.717, 1.165) is 18.5 Å². The molecular weight excluding hydrogens is 280 g/mol. The van der Waals surface area contributed by atoms with Gasteiger partial charge in [0.1, 0.15) is 0 Å². The molecule has 1 aliphatic heterocycles. The van der Waals surface area contributed by atoms with Gasteiger partial charge in [0, 0.05) is 6.54 Å². The van der Waals surface area contributed by atoms with E-state index in [1.54, 1.807) is 12.1 Å². The molecular formula is C14H19F2N3O2. The van der Waals surface area contributed by atoms with Crippen molar-refractivity contribution in [3.63, 3.8) is 0 Å². The van der Waals surface area contributed by atoms with E-state index in [9.17, 15) is 8.78 Å². The van der Waals surface area contributed by atoms with Gasteiger partial charge in [-0.3, -0.25) is 4.99 Å². The first kappa shape index (κ1) is 15.3. The molecule has 0 saturated heterocycles. The number of nitrogens with two attached hydrogens (primary N) is 1. The van der Waals surface area contributed by atoms with Crippen LogP contribution in [-0.4, -0.2) is 37.7 Å². The number of nitrogens with zero attached hydrogens (tertiary/aromatic N) is 2. The van der Waals surface area contributed by atoms with Crippen molar-refractivity contribution < 1.29 is 18.3 Å². The Morgan fingerprint density at radius 2 is 2.19 bits per heavy atom. The van der Waals surface area contributed by atoms with Crippen LogP contribution in [0.15, 0.2) is 23.2 Å². The summed E-state index contributed by atoms with van der Waals surface area (Å²) >= 11 is 0. The fraction of sp³-hybridized carbons (Fsp3) is 0.500. The van der Waals surface area contributed by atoms with Crippen molar-refractivity contribution in [2.75, 3.05) is 20.2 Å². The highest BCUT2D eigenvalue weighted by molar-refractivity contribution is 5.80. The van der Waals surface area contributed by atoms with Crippen molar-refractivity contribution in [1.82, 2.24) is 4.90 Å². The van der Waals surface area contributed by atoms with Crippen LogP contribution in [0.3, 0.4) is 0 Å². The minimum atomic E-state index is -2.90. The molecule has 0 radical (unpaired) electrons. The third-order valence-electron chi connectivity index (χ3n) is 3.35. The standard InChI is InChI=1S/C14H19F2N3O2/c1-3-6-19-10(8-18-14(19)17)9-4-5-11(20-2)12(7-9)21-13(15)16/h4-5,7,10,13H,3,6,8H2,1-2H3,(H2,17,18). The second-order valence-electron chi connectivity index (χ2n) is 4.70. The Bertz CT molecular complexity index is 523. The molecule has 0 spiro atoms. The second-order valence-corrected chi connectivity index (χ2v) is 4.70. The summed E-state index contributed by atoms with van der Waals surface area (Å²) in [5.74, 6) is 0.772. The summed E-state index contributed by atoms with van der Waals surface area (Å²) in [6, 6.07) is 4.94. The van der Waals surface area contributed by atoms with Crippen LogP contribution in [0.5, 0.6) is 11.5 Å². The summed E-state index contributed by atoms with van der Waals surface area (Å²) in [6.07, 6.45) is 0.920. The molecule has 5 nitrogen and oxygen atoms in total. The highest BCUT2D eigenvalue weighted by atomic mass is 19.3. The molecule has 7 heteroatoms. The SMILES string of the molecule is CCCN1C(N)=NCC1c1ccc(OC)c(OC(F)F)c1. The van der Waals surface area contributed by atoms with E-state index in [1.165, 1.54) is 7.11 Å². The summed E-state index contributed by atoms with van der Waals surface area (Å²) < 4.78 is 34.5. The monoisotopic (exact) mass is 299 g/mol. The Morgan fingerprint density at radius 1 is 1.43 bits per heavy atom. The summed E-state index contributed by atoms with van der Waals surface area (Å²) in [5, 5.41) is 0. The number of benzene rings is 1. The average molecular weight is 299 g/mol. The first-order valence-electron chi connectivity index (χ1n) is 6.76. The fourth-order valence-electron chi connectivity index (χ4n) is 2.41. The molecule has 0 amide bonds. The first-order chi connectivity index (χ1) is 10.1. The smallest absolute Gasteiger partial charge is 0.387 e. The minimum Gasteiger partial charge on any atom is -0.493 e. The number of alkyl halides is 2. The molecule has 1 unspecified atom stereocenters. The van der Waals surface area contributed by atoms with Crippen molar-refractivity contribution in [2.24, 2.45) is 10.7 Å². The Kier molecular flexibility index (Phi) is 4.82. The van der Waals surface area contributed by atoms with Gasteiger partial charge in [0.15, 0.2) is 17.5 Å². The van der Waals surface area contributed by atoms with Crippen LogP contribution in [0.25, 0.3) is 0 Å². The van der Waals surface area contributed by atoms with E-state index in [1.807, 2.05) is 17.9 Å². The van der Waals surface area contributed by atoms with E-state index in [2.05, 4.69) is 9.73 Å². The topological polar surface area (TPSA) is 60.1 Å². The second kappa shape index (κ2) is 6.60. The maximum atomic E-state index is 12.5. The summed E-state index contributed by atoms with van der Waals surface area (Å²) in [7, 11) is 1.41. The van der Waals surface area contributed by atoms with Crippen molar-refractivity contribution in [3.05, 3.63) is 23.8 Å². The van der Waals surface area contributed by atoms with Crippen LogP contribution in [0.1, 0.15) is 24.9 Å². The summed E-state index contributed by atoms with van der Waals surface area (Å²) in [4.78, 5) is 6.19. The van der Waals surface area contributed by atoms with E-state index >= 15 is 0 Å². The lowest BCUT2D eigenvalue weighted by molar-refractivity contribution is -0.0512. The molecule has 2 rings (SSSR count). The third-order valence-corrected chi connectivity index (χ3v) is 3.35. The predicted molar refractivity (Wildman–Crippen MR) is 75.9 cm³/mol. The highest BCUT2D eigenvalue weighted by Gasteiger charge is 2.27. The molecule has 0 aromatic heterocycles. The molecule has 1 aliphatic rings. The quantitative estimate of drug-likeness (QED) is 0.876. The average Bonchev–Trinajstić information content (AvgIpc) is 2.80. The number of hydrogen-bond acceptors (Lipinski definition) is 5. The molecule has 1 atom stereocenters. The normalized spacial score (nSPS) is 18.0. The zero-order chi connectivity index (χ0) is 15.4. The minimum absolute atomic E-state index is 0.0203. The number of guanidine groups is 1. The van der Waals surface area contributed by atoms with Crippen LogP contribution >= 0.6 is 0 Å². The lowest BCUT2D eigenvalue weighted by Gasteiger charge is -2.26. The number of aliphatic imine (C=N–C) groups is 1. The van der Waals surface area contributed by atoms with Crippen LogP contribution < -0.4 is 15.2 Å². The molecule has 1 aromatic carbocycles. The Hall–Kier alpha value is -2.05. The van der Waals surface area contributed by atoms with E-state index in [-0.39, 0.29) is 17.5 Å². The molecule has 0 fully saturated rings. The zero-order valence-corrected chi connectivity index (χ0v) is 12.1. The number of ether oxygens (including phenoxy) is 2. The predicted octanol–water partition coefficient (Wildman–Crippen LogP) is 2.38. The Morgan fingerprint density at radius 3 is 2.81 bits per heavy atom. The Labute approximate surface area is 122 Å². The lowest BCUT2D eigenvalue weighted by atomic mass is 10.1. The Balaban J connectivity index is 2.27. The lowest BCUT2D eigenvalue weighted by Crippen LogP contribution is -2.36. The van der Waals surface area contributed by atoms with Gasteiger partial charge in [0.25, 0.3) is 0 Å². The maximum absolute atomic E-state index is 12.5. The number of hydrogen-bond donors (Lipinski definition) is 1. The van der Waals surface area contributed by atoms with E-state index in [0.29, 0.717) is 12.5 Å².